The summed E-state index contributed by atoms with van der Waals surface area (Å²) in [6.07, 6.45) is 9.78. The summed E-state index contributed by atoms with van der Waals surface area (Å²) in [7, 11) is 0. The molecule has 0 saturated heterocycles. The summed E-state index contributed by atoms with van der Waals surface area (Å²) in [4.78, 5) is 10.7. The summed E-state index contributed by atoms with van der Waals surface area (Å²) in [5.74, 6) is -0.276. The molecule has 2 N–H and O–H groups in total. The Hall–Kier alpha value is -1.55. The van der Waals surface area contributed by atoms with E-state index >= 15 is 0 Å². The van der Waals surface area contributed by atoms with Gasteiger partial charge in [0.05, 0.1) is 12.1 Å². The number of allylic oxidation sites excluding steroid dienone is 1. The van der Waals surface area contributed by atoms with E-state index in [-0.39, 0.29) is 5.56 Å². The third kappa shape index (κ3) is 3.74. The van der Waals surface area contributed by atoms with Crippen LogP contribution < -0.4 is 5.32 Å². The summed E-state index contributed by atoms with van der Waals surface area (Å²) >= 11 is 0. The monoisotopic (exact) mass is 249 g/mol. The molecule has 0 bridgehead atoms. The summed E-state index contributed by atoms with van der Waals surface area (Å²) in [5, 5.41) is 12.0. The molecule has 1 aliphatic carbocycles. The molecule has 4 heteroatoms. The van der Waals surface area contributed by atoms with Gasteiger partial charge in [0, 0.05) is 0 Å². The molecule has 1 aliphatic rings. The largest absolute Gasteiger partial charge is 0.478 e. The zero-order valence-electron chi connectivity index (χ0n) is 10.4. The highest BCUT2D eigenvalue weighted by Crippen LogP contribution is 2.19. The number of furan rings is 1. The molecule has 1 aromatic heterocycles. The normalized spacial score (nSPS) is 15.4. The van der Waals surface area contributed by atoms with Gasteiger partial charge in [0.25, 0.3) is 0 Å². The predicted molar refractivity (Wildman–Crippen MR) is 68.5 cm³/mol. The Morgan fingerprint density at radius 1 is 1.44 bits per heavy atom. The van der Waals surface area contributed by atoms with Crippen molar-refractivity contribution in [3.05, 3.63) is 35.3 Å². The van der Waals surface area contributed by atoms with Crippen LogP contribution in [0.5, 0.6) is 0 Å². The molecule has 0 fully saturated rings. The van der Waals surface area contributed by atoms with Gasteiger partial charge in [0.2, 0.25) is 0 Å². The molecule has 0 amide bonds. The molecule has 1 heterocycles. The minimum absolute atomic E-state index is 0.210. The second-order valence-electron chi connectivity index (χ2n) is 4.64. The molecule has 0 saturated carbocycles. The number of hydrogen-bond acceptors (Lipinski definition) is 3. The maximum atomic E-state index is 10.7. The van der Waals surface area contributed by atoms with E-state index in [9.17, 15) is 4.79 Å². The molecule has 0 spiro atoms. The van der Waals surface area contributed by atoms with Gasteiger partial charge in [-0.3, -0.25) is 0 Å². The Labute approximate surface area is 107 Å². The van der Waals surface area contributed by atoms with Gasteiger partial charge in [0.15, 0.2) is 0 Å². The van der Waals surface area contributed by atoms with E-state index in [4.69, 9.17) is 9.52 Å². The Balaban J connectivity index is 1.68. The van der Waals surface area contributed by atoms with Crippen LogP contribution in [0.3, 0.4) is 0 Å². The molecule has 0 aliphatic heterocycles. The molecule has 1 aromatic rings. The Morgan fingerprint density at radius 3 is 3.00 bits per heavy atom. The van der Waals surface area contributed by atoms with Crippen LogP contribution in [0.1, 0.15) is 48.2 Å². The van der Waals surface area contributed by atoms with Crippen LogP contribution in [0.4, 0.5) is 0 Å². The highest BCUT2D eigenvalue weighted by molar-refractivity contribution is 5.87. The highest BCUT2D eigenvalue weighted by atomic mass is 16.4. The average Bonchev–Trinajstić information content (AvgIpc) is 2.85. The second kappa shape index (κ2) is 6.40. The first-order chi connectivity index (χ1) is 8.75. The second-order valence-corrected chi connectivity index (χ2v) is 4.64. The van der Waals surface area contributed by atoms with Gasteiger partial charge in [-0.15, -0.1) is 0 Å². The third-order valence-electron chi connectivity index (χ3n) is 3.21. The number of carboxylic acids is 1. The molecule has 0 aromatic carbocycles. The van der Waals surface area contributed by atoms with E-state index < -0.39 is 5.97 Å². The fraction of sp³-hybridized carbons (Fsp3) is 0.500. The zero-order valence-corrected chi connectivity index (χ0v) is 10.4. The lowest BCUT2D eigenvalue weighted by atomic mass is 9.97. The summed E-state index contributed by atoms with van der Waals surface area (Å²) in [6.45, 7) is 1.50. The maximum Gasteiger partial charge on any atom is 0.338 e. The van der Waals surface area contributed by atoms with Crippen molar-refractivity contribution >= 4 is 5.97 Å². The summed E-state index contributed by atoms with van der Waals surface area (Å²) in [5.41, 5.74) is 1.75. The molecule has 98 valence electrons. The number of hydrogen-bond donors (Lipinski definition) is 2. The fourth-order valence-corrected chi connectivity index (χ4v) is 2.18. The van der Waals surface area contributed by atoms with E-state index in [1.807, 2.05) is 0 Å². The van der Waals surface area contributed by atoms with Crippen molar-refractivity contribution in [3.8, 4) is 0 Å². The van der Waals surface area contributed by atoms with E-state index in [1.54, 1.807) is 11.6 Å². The van der Waals surface area contributed by atoms with Gasteiger partial charge in [-0.05, 0) is 44.7 Å². The van der Waals surface area contributed by atoms with E-state index in [0.717, 1.165) is 13.0 Å². The SMILES string of the molecule is O=C(O)c1coc(CNCCC2=CCCCC2)c1. The van der Waals surface area contributed by atoms with Crippen molar-refractivity contribution < 1.29 is 14.3 Å². The van der Waals surface area contributed by atoms with E-state index in [1.165, 1.54) is 31.9 Å². The maximum absolute atomic E-state index is 10.7. The molecular weight excluding hydrogens is 230 g/mol. The lowest BCUT2D eigenvalue weighted by Gasteiger charge is -2.12. The molecule has 4 nitrogen and oxygen atoms in total. The minimum Gasteiger partial charge on any atom is -0.478 e. The van der Waals surface area contributed by atoms with Crippen LogP contribution in [-0.4, -0.2) is 17.6 Å². The van der Waals surface area contributed by atoms with Crippen molar-refractivity contribution in [2.75, 3.05) is 6.54 Å². The summed E-state index contributed by atoms with van der Waals surface area (Å²) < 4.78 is 5.16. The fourth-order valence-electron chi connectivity index (χ4n) is 2.18. The molecular formula is C14H19NO3. The number of nitrogens with one attached hydrogen (secondary N) is 1. The first-order valence-electron chi connectivity index (χ1n) is 6.45. The first-order valence-corrected chi connectivity index (χ1v) is 6.45. The Bertz CT molecular complexity index is 434. The van der Waals surface area contributed by atoms with Crippen molar-refractivity contribution in [1.29, 1.82) is 0 Å². The average molecular weight is 249 g/mol. The number of rotatable bonds is 6. The number of carboxylic acid groups (broad SMARTS) is 1. The van der Waals surface area contributed by atoms with Gasteiger partial charge in [-0.2, -0.15) is 0 Å². The molecule has 0 unspecified atom stereocenters. The van der Waals surface area contributed by atoms with E-state index in [0.29, 0.717) is 12.3 Å². The smallest absolute Gasteiger partial charge is 0.338 e. The topological polar surface area (TPSA) is 62.5 Å². The van der Waals surface area contributed by atoms with Gasteiger partial charge in [0.1, 0.15) is 12.0 Å². The van der Waals surface area contributed by atoms with Crippen molar-refractivity contribution in [1.82, 2.24) is 5.32 Å². The Kier molecular flexibility index (Phi) is 4.59. The minimum atomic E-state index is -0.947. The Morgan fingerprint density at radius 2 is 2.33 bits per heavy atom. The van der Waals surface area contributed by atoms with Gasteiger partial charge in [-0.1, -0.05) is 11.6 Å². The van der Waals surface area contributed by atoms with Crippen molar-refractivity contribution in [2.45, 2.75) is 38.6 Å². The van der Waals surface area contributed by atoms with Gasteiger partial charge in [-0.25, -0.2) is 4.79 Å². The lowest BCUT2D eigenvalue weighted by Crippen LogP contribution is -2.15. The van der Waals surface area contributed by atoms with Crippen LogP contribution in [0.2, 0.25) is 0 Å². The number of carbonyl (C=O) groups is 1. The first kappa shape index (κ1) is 12.9. The summed E-state index contributed by atoms with van der Waals surface area (Å²) in [6, 6.07) is 1.56. The van der Waals surface area contributed by atoms with Crippen LogP contribution in [0.25, 0.3) is 0 Å². The molecule has 0 radical (unpaired) electrons. The van der Waals surface area contributed by atoms with Gasteiger partial charge >= 0.3 is 5.97 Å². The van der Waals surface area contributed by atoms with Crippen molar-refractivity contribution in [2.24, 2.45) is 0 Å². The van der Waals surface area contributed by atoms with Crippen LogP contribution >= 0.6 is 0 Å². The standard InChI is InChI=1S/C14H19NO3/c16-14(17)12-8-13(18-10-12)9-15-7-6-11-4-2-1-3-5-11/h4,8,10,15H,1-3,5-7,9H2,(H,16,17). The number of aromatic carboxylic acids is 1. The van der Waals surface area contributed by atoms with Crippen LogP contribution in [0.15, 0.2) is 28.4 Å². The third-order valence-corrected chi connectivity index (χ3v) is 3.21. The zero-order chi connectivity index (χ0) is 12.8. The van der Waals surface area contributed by atoms with Crippen LogP contribution in [0, 0.1) is 0 Å². The van der Waals surface area contributed by atoms with Crippen molar-refractivity contribution in [3.63, 3.8) is 0 Å². The lowest BCUT2D eigenvalue weighted by molar-refractivity contribution is 0.0696. The molecule has 2 rings (SSSR count). The van der Waals surface area contributed by atoms with Gasteiger partial charge < -0.3 is 14.8 Å². The van der Waals surface area contributed by atoms with Crippen LogP contribution in [-0.2, 0) is 6.54 Å². The predicted octanol–water partition coefficient (Wildman–Crippen LogP) is 2.96. The quantitative estimate of drug-likeness (QED) is 0.601. The molecule has 0 atom stereocenters. The van der Waals surface area contributed by atoms with E-state index in [2.05, 4.69) is 11.4 Å². The highest BCUT2D eigenvalue weighted by Gasteiger charge is 2.08. The molecule has 18 heavy (non-hydrogen) atoms.